The predicted octanol–water partition coefficient (Wildman–Crippen LogP) is 16.2. The number of para-hydroxylation sites is 2. The molecule has 12 rings (SSSR count). The predicted molar refractivity (Wildman–Crippen MR) is 290 cm³/mol. The van der Waals surface area contributed by atoms with Gasteiger partial charge in [0.25, 0.3) is 0 Å². The van der Waals surface area contributed by atoms with Crippen LogP contribution in [0.15, 0.2) is 267 Å². The molecule has 68 heavy (non-hydrogen) atoms. The van der Waals surface area contributed by atoms with Gasteiger partial charge in [0.05, 0.1) is 0 Å². The molecule has 3 nitrogen and oxygen atoms in total. The van der Waals surface area contributed by atoms with Crippen molar-refractivity contribution < 1.29 is 0 Å². The summed E-state index contributed by atoms with van der Waals surface area (Å²) in [6, 6.07) is 96.1. The highest BCUT2D eigenvalue weighted by atomic mass is 15.2. The van der Waals surface area contributed by atoms with E-state index in [1.165, 1.54) is 27.6 Å². The van der Waals surface area contributed by atoms with Crippen molar-refractivity contribution in [2.75, 3.05) is 15.1 Å². The summed E-state index contributed by atoms with van der Waals surface area (Å²) in [4.78, 5) is 4.84. The van der Waals surface area contributed by atoms with E-state index in [1.807, 2.05) is 0 Å². The monoisotopic (exact) mass is 866 g/mol. The number of benzene rings is 11. The van der Waals surface area contributed by atoms with Gasteiger partial charge in [0.15, 0.2) is 7.28 Å². The molecule has 0 atom stereocenters. The molecule has 0 saturated heterocycles. The standard InChI is InChI=1S/C64H45BN3/c1-6-20-45(21-7-1)48-27-18-29-52(40-48)66-60-39-36-50(47-24-10-3-11-25-47)42-58(60)63-57-35-17-16-26-51(57)43-62-64(63)65-59-38-37-56(67(53-30-12-4-13-31-53)54-32-14-5-15-33-54)44-61(59)68(62)55-34-19-28-49(41-55)46-22-8-2-9-23-46/h1-44,66H. The molecule has 0 unspecified atom stereocenters. The fraction of sp³-hybridized carbons (Fsp3) is 0. The minimum atomic E-state index is 1.02. The summed E-state index contributed by atoms with van der Waals surface area (Å²) >= 11 is 0. The third-order valence-corrected chi connectivity index (χ3v) is 13.0. The first-order valence-corrected chi connectivity index (χ1v) is 23.2. The van der Waals surface area contributed by atoms with Gasteiger partial charge in [-0.15, -0.1) is 0 Å². The van der Waals surface area contributed by atoms with Crippen LogP contribution in [-0.2, 0) is 0 Å². The Morgan fingerprint density at radius 1 is 0.368 bits per heavy atom. The van der Waals surface area contributed by atoms with Crippen molar-refractivity contribution in [1.82, 2.24) is 0 Å². The highest BCUT2D eigenvalue weighted by Crippen LogP contribution is 2.46. The molecule has 11 aromatic rings. The van der Waals surface area contributed by atoms with Crippen molar-refractivity contribution in [3.63, 3.8) is 0 Å². The van der Waals surface area contributed by atoms with Crippen LogP contribution >= 0.6 is 0 Å². The molecule has 0 saturated carbocycles. The van der Waals surface area contributed by atoms with E-state index in [9.17, 15) is 0 Å². The molecule has 11 aromatic carbocycles. The van der Waals surface area contributed by atoms with Gasteiger partial charge in [-0.05, 0) is 134 Å². The lowest BCUT2D eigenvalue weighted by Gasteiger charge is -2.37. The van der Waals surface area contributed by atoms with Crippen molar-refractivity contribution in [2.24, 2.45) is 0 Å². The number of nitrogens with one attached hydrogen (secondary N) is 1. The lowest BCUT2D eigenvalue weighted by atomic mass is 9.57. The second-order valence-electron chi connectivity index (χ2n) is 17.2. The summed E-state index contributed by atoms with van der Waals surface area (Å²) < 4.78 is 0. The Morgan fingerprint density at radius 3 is 1.56 bits per heavy atom. The summed E-state index contributed by atoms with van der Waals surface area (Å²) in [7, 11) is 2.41. The van der Waals surface area contributed by atoms with Gasteiger partial charge in [-0.25, -0.2) is 0 Å². The van der Waals surface area contributed by atoms with Gasteiger partial charge in [0.1, 0.15) is 0 Å². The molecular weight excluding hydrogens is 822 g/mol. The van der Waals surface area contributed by atoms with Crippen molar-refractivity contribution in [2.45, 2.75) is 0 Å². The second-order valence-corrected chi connectivity index (χ2v) is 17.2. The van der Waals surface area contributed by atoms with E-state index in [-0.39, 0.29) is 0 Å². The van der Waals surface area contributed by atoms with Gasteiger partial charge < -0.3 is 15.1 Å². The van der Waals surface area contributed by atoms with Crippen molar-refractivity contribution in [1.29, 1.82) is 0 Å². The van der Waals surface area contributed by atoms with Crippen LogP contribution in [0.25, 0.3) is 55.3 Å². The molecule has 319 valence electrons. The summed E-state index contributed by atoms with van der Waals surface area (Å²) in [6.07, 6.45) is 0. The maximum Gasteiger partial charge on any atom is 0.197 e. The first-order valence-electron chi connectivity index (χ1n) is 23.2. The van der Waals surface area contributed by atoms with E-state index in [4.69, 9.17) is 0 Å². The average molecular weight is 867 g/mol. The molecule has 1 N–H and O–H groups in total. The second kappa shape index (κ2) is 17.8. The number of rotatable bonds is 10. The Hall–Kier alpha value is -8.86. The Kier molecular flexibility index (Phi) is 10.7. The van der Waals surface area contributed by atoms with E-state index < -0.39 is 0 Å². The molecule has 0 spiro atoms. The minimum Gasteiger partial charge on any atom is -0.355 e. The Labute approximate surface area is 399 Å². The van der Waals surface area contributed by atoms with Crippen molar-refractivity contribution in [3.8, 4) is 44.5 Å². The highest BCUT2D eigenvalue weighted by Gasteiger charge is 2.31. The summed E-state index contributed by atoms with van der Waals surface area (Å²) in [6.45, 7) is 0. The van der Waals surface area contributed by atoms with Crippen LogP contribution in [0.2, 0.25) is 0 Å². The van der Waals surface area contributed by atoms with Gasteiger partial charge in [0, 0.05) is 51.1 Å². The molecule has 1 aliphatic heterocycles. The zero-order valence-corrected chi connectivity index (χ0v) is 37.4. The summed E-state index contributed by atoms with van der Waals surface area (Å²) in [5.74, 6) is 0. The third kappa shape index (κ3) is 7.78. The molecule has 0 aromatic heterocycles. The van der Waals surface area contributed by atoms with Crippen LogP contribution < -0.4 is 26.0 Å². The van der Waals surface area contributed by atoms with Crippen LogP contribution in [0.3, 0.4) is 0 Å². The lowest BCUT2D eigenvalue weighted by molar-refractivity contribution is 1.26. The molecule has 0 fully saturated rings. The van der Waals surface area contributed by atoms with Crippen LogP contribution in [0, 0.1) is 0 Å². The fourth-order valence-corrected chi connectivity index (χ4v) is 9.81. The van der Waals surface area contributed by atoms with Crippen LogP contribution in [-0.4, -0.2) is 7.28 Å². The number of fused-ring (bicyclic) bond motifs is 3. The molecule has 0 bridgehead atoms. The lowest BCUT2D eigenvalue weighted by Crippen LogP contribution is -2.41. The number of anilines is 8. The molecule has 0 amide bonds. The zero-order valence-electron chi connectivity index (χ0n) is 37.4. The van der Waals surface area contributed by atoms with Gasteiger partial charge in [-0.2, -0.15) is 0 Å². The SMILES string of the molecule is [B]1c2ccc(N(c3ccccc3)c3ccccc3)cc2N(c2cccc(-c3ccccc3)c2)c2cc3ccccc3c(-c3cc(-c4ccccc4)ccc3Nc3cccc(-c4ccccc4)c3)c21. The smallest absolute Gasteiger partial charge is 0.197 e. The first-order chi connectivity index (χ1) is 33.7. The topological polar surface area (TPSA) is 18.5 Å². The Balaban J connectivity index is 1.10. The molecule has 1 radical (unpaired) electrons. The van der Waals surface area contributed by atoms with E-state index >= 15 is 0 Å². The number of hydrogen-bond donors (Lipinski definition) is 1. The molecule has 1 heterocycles. The van der Waals surface area contributed by atoms with E-state index in [0.29, 0.717) is 0 Å². The highest BCUT2D eigenvalue weighted by molar-refractivity contribution is 6.73. The Bertz CT molecular complexity index is 3520. The summed E-state index contributed by atoms with van der Waals surface area (Å²) in [5, 5.41) is 6.29. The Morgan fingerprint density at radius 2 is 0.912 bits per heavy atom. The maximum atomic E-state index is 3.94. The van der Waals surface area contributed by atoms with Gasteiger partial charge in [-0.3, -0.25) is 0 Å². The van der Waals surface area contributed by atoms with E-state index in [0.717, 1.165) is 84.1 Å². The fourth-order valence-electron chi connectivity index (χ4n) is 9.81. The third-order valence-electron chi connectivity index (χ3n) is 13.0. The van der Waals surface area contributed by atoms with E-state index in [1.54, 1.807) is 0 Å². The van der Waals surface area contributed by atoms with Crippen LogP contribution in [0.4, 0.5) is 45.5 Å². The average Bonchev–Trinajstić information content (AvgIpc) is 3.41. The minimum absolute atomic E-state index is 1.02. The molecule has 0 aliphatic carbocycles. The molecule has 4 heteroatoms. The zero-order chi connectivity index (χ0) is 45.2. The van der Waals surface area contributed by atoms with Crippen molar-refractivity contribution in [3.05, 3.63) is 267 Å². The van der Waals surface area contributed by atoms with Crippen molar-refractivity contribution >= 4 is 74.5 Å². The van der Waals surface area contributed by atoms with Gasteiger partial charge in [0.2, 0.25) is 0 Å². The molecule has 1 aliphatic rings. The molecular formula is C64H45BN3. The summed E-state index contributed by atoms with van der Waals surface area (Å²) in [5.41, 5.74) is 20.2. The quantitative estimate of drug-likeness (QED) is 0.138. The first kappa shape index (κ1) is 40.6. The number of nitrogens with zero attached hydrogens (tertiary/aromatic N) is 2. The van der Waals surface area contributed by atoms with E-state index in [2.05, 4.69) is 289 Å². The number of hydrogen-bond acceptors (Lipinski definition) is 3. The van der Waals surface area contributed by atoms with Crippen LogP contribution in [0.1, 0.15) is 0 Å². The van der Waals surface area contributed by atoms with Gasteiger partial charge in [-0.1, -0.05) is 194 Å². The van der Waals surface area contributed by atoms with Gasteiger partial charge >= 0.3 is 0 Å². The normalized spacial score (nSPS) is 11.6. The van der Waals surface area contributed by atoms with Crippen LogP contribution in [0.5, 0.6) is 0 Å². The maximum absolute atomic E-state index is 3.94. The largest absolute Gasteiger partial charge is 0.355 e.